The van der Waals surface area contributed by atoms with E-state index in [0.29, 0.717) is 24.5 Å². The Morgan fingerprint density at radius 1 is 1.22 bits per heavy atom. The SMILES string of the molecule is CC(=O)NCC(=O)N1CCCC1c1cncc(CNC(C)=O)n1. The molecule has 1 fully saturated rings. The molecule has 0 bridgehead atoms. The van der Waals surface area contributed by atoms with Gasteiger partial charge in [-0.2, -0.15) is 0 Å². The quantitative estimate of drug-likeness (QED) is 0.789. The molecule has 1 atom stereocenters. The lowest BCUT2D eigenvalue weighted by molar-refractivity contribution is -0.133. The molecule has 0 aliphatic carbocycles. The van der Waals surface area contributed by atoms with Crippen LogP contribution < -0.4 is 10.6 Å². The average molecular weight is 319 g/mol. The van der Waals surface area contributed by atoms with Crippen molar-refractivity contribution in [3.63, 3.8) is 0 Å². The number of nitrogens with one attached hydrogen (secondary N) is 2. The number of carbonyl (C=O) groups excluding carboxylic acids is 3. The fourth-order valence-corrected chi connectivity index (χ4v) is 2.56. The van der Waals surface area contributed by atoms with Crippen molar-refractivity contribution in [1.82, 2.24) is 25.5 Å². The summed E-state index contributed by atoms with van der Waals surface area (Å²) in [4.78, 5) is 44.5. The molecule has 1 saturated heterocycles. The topological polar surface area (TPSA) is 104 Å². The lowest BCUT2D eigenvalue weighted by atomic mass is 10.1. The van der Waals surface area contributed by atoms with E-state index < -0.39 is 0 Å². The van der Waals surface area contributed by atoms with Crippen molar-refractivity contribution in [3.8, 4) is 0 Å². The summed E-state index contributed by atoms with van der Waals surface area (Å²) in [7, 11) is 0. The molecular weight excluding hydrogens is 298 g/mol. The van der Waals surface area contributed by atoms with Crippen molar-refractivity contribution < 1.29 is 14.4 Å². The van der Waals surface area contributed by atoms with Crippen LogP contribution in [0.25, 0.3) is 0 Å². The van der Waals surface area contributed by atoms with Gasteiger partial charge < -0.3 is 15.5 Å². The van der Waals surface area contributed by atoms with Gasteiger partial charge in [-0.05, 0) is 12.8 Å². The minimum Gasteiger partial charge on any atom is -0.351 e. The lowest BCUT2D eigenvalue weighted by Gasteiger charge is -2.24. The number of rotatable bonds is 5. The van der Waals surface area contributed by atoms with E-state index in [1.165, 1.54) is 13.8 Å². The minimum absolute atomic E-state index is 0.00908. The zero-order valence-electron chi connectivity index (χ0n) is 13.3. The van der Waals surface area contributed by atoms with Crippen LogP contribution in [0, 0.1) is 0 Å². The monoisotopic (exact) mass is 319 g/mol. The molecule has 0 saturated carbocycles. The van der Waals surface area contributed by atoms with Gasteiger partial charge in [0.2, 0.25) is 17.7 Å². The lowest BCUT2D eigenvalue weighted by Crippen LogP contribution is -2.39. The third-order valence-corrected chi connectivity index (χ3v) is 3.62. The maximum atomic E-state index is 12.2. The molecule has 3 amide bonds. The number of carbonyl (C=O) groups is 3. The summed E-state index contributed by atoms with van der Waals surface area (Å²) in [5.74, 6) is -0.492. The van der Waals surface area contributed by atoms with Crippen LogP contribution in [0.15, 0.2) is 12.4 Å². The third-order valence-electron chi connectivity index (χ3n) is 3.62. The molecular formula is C15H21N5O3. The standard InChI is InChI=1S/C15H21N5O3/c1-10(21)17-7-12-6-16-8-13(19-12)14-4-3-5-20(14)15(23)9-18-11(2)22/h6,8,14H,3-5,7,9H2,1-2H3,(H,17,21)(H,18,22). The first-order valence-electron chi connectivity index (χ1n) is 7.56. The van der Waals surface area contributed by atoms with Crippen molar-refractivity contribution >= 4 is 17.7 Å². The van der Waals surface area contributed by atoms with E-state index in [9.17, 15) is 14.4 Å². The highest BCUT2D eigenvalue weighted by atomic mass is 16.2. The number of amides is 3. The van der Waals surface area contributed by atoms with E-state index >= 15 is 0 Å². The van der Waals surface area contributed by atoms with Gasteiger partial charge in [0.1, 0.15) is 0 Å². The first kappa shape index (κ1) is 16.9. The average Bonchev–Trinajstić information content (AvgIpc) is 3.00. The molecule has 0 aromatic carbocycles. The summed E-state index contributed by atoms with van der Waals surface area (Å²) in [5.41, 5.74) is 1.36. The van der Waals surface area contributed by atoms with Gasteiger partial charge in [0, 0.05) is 20.4 Å². The summed E-state index contributed by atoms with van der Waals surface area (Å²) in [6.07, 6.45) is 4.93. The predicted molar refractivity (Wildman–Crippen MR) is 81.9 cm³/mol. The molecule has 1 aliphatic rings. The molecule has 0 radical (unpaired) electrons. The number of aromatic nitrogens is 2. The van der Waals surface area contributed by atoms with E-state index in [0.717, 1.165) is 12.8 Å². The van der Waals surface area contributed by atoms with Crippen LogP contribution in [0.5, 0.6) is 0 Å². The fraction of sp³-hybridized carbons (Fsp3) is 0.533. The van der Waals surface area contributed by atoms with E-state index in [2.05, 4.69) is 20.6 Å². The number of likely N-dealkylation sites (tertiary alicyclic amines) is 1. The Labute approximate surface area is 134 Å². The van der Waals surface area contributed by atoms with E-state index in [1.807, 2.05) is 0 Å². The van der Waals surface area contributed by atoms with Gasteiger partial charge in [-0.25, -0.2) is 0 Å². The van der Waals surface area contributed by atoms with Crippen LogP contribution in [0.4, 0.5) is 0 Å². The summed E-state index contributed by atoms with van der Waals surface area (Å²) in [6, 6.07) is -0.138. The third kappa shape index (κ3) is 4.73. The maximum absolute atomic E-state index is 12.2. The normalized spacial score (nSPS) is 17.0. The molecule has 1 aromatic heterocycles. The molecule has 2 rings (SSSR count). The molecule has 8 nitrogen and oxygen atoms in total. The maximum Gasteiger partial charge on any atom is 0.242 e. The Morgan fingerprint density at radius 3 is 2.65 bits per heavy atom. The minimum atomic E-state index is -0.230. The van der Waals surface area contributed by atoms with Crippen molar-refractivity contribution in [1.29, 1.82) is 0 Å². The van der Waals surface area contributed by atoms with Crippen molar-refractivity contribution in [2.75, 3.05) is 13.1 Å². The Bertz CT molecular complexity index is 605. The van der Waals surface area contributed by atoms with Crippen LogP contribution >= 0.6 is 0 Å². The number of hydrogen-bond donors (Lipinski definition) is 2. The van der Waals surface area contributed by atoms with E-state index in [1.54, 1.807) is 17.3 Å². The highest BCUT2D eigenvalue weighted by Crippen LogP contribution is 2.30. The van der Waals surface area contributed by atoms with Crippen LogP contribution in [-0.4, -0.2) is 45.7 Å². The zero-order chi connectivity index (χ0) is 16.8. The number of nitrogens with zero attached hydrogens (tertiary/aromatic N) is 3. The summed E-state index contributed by atoms with van der Waals surface area (Å²) in [6.45, 7) is 3.76. The second-order valence-corrected chi connectivity index (χ2v) is 5.50. The van der Waals surface area contributed by atoms with Crippen LogP contribution in [0.3, 0.4) is 0 Å². The van der Waals surface area contributed by atoms with Crippen LogP contribution in [-0.2, 0) is 20.9 Å². The van der Waals surface area contributed by atoms with Gasteiger partial charge >= 0.3 is 0 Å². The Balaban J connectivity index is 2.07. The molecule has 1 aliphatic heterocycles. The van der Waals surface area contributed by atoms with Gasteiger partial charge in [-0.3, -0.25) is 24.4 Å². The fourth-order valence-electron chi connectivity index (χ4n) is 2.56. The van der Waals surface area contributed by atoms with Crippen molar-refractivity contribution in [2.24, 2.45) is 0 Å². The van der Waals surface area contributed by atoms with Crippen molar-refractivity contribution in [3.05, 3.63) is 23.8 Å². The van der Waals surface area contributed by atoms with E-state index in [4.69, 9.17) is 0 Å². The van der Waals surface area contributed by atoms with Gasteiger partial charge in [0.25, 0.3) is 0 Å². The zero-order valence-corrected chi connectivity index (χ0v) is 13.3. The van der Waals surface area contributed by atoms with Gasteiger partial charge in [0.05, 0.1) is 42.9 Å². The molecule has 1 unspecified atom stereocenters. The Morgan fingerprint density at radius 2 is 1.96 bits per heavy atom. The highest BCUT2D eigenvalue weighted by Gasteiger charge is 2.31. The summed E-state index contributed by atoms with van der Waals surface area (Å²) < 4.78 is 0. The van der Waals surface area contributed by atoms with Gasteiger partial charge in [-0.1, -0.05) is 0 Å². The Kier molecular flexibility index (Phi) is 5.61. The first-order valence-corrected chi connectivity index (χ1v) is 7.56. The molecule has 23 heavy (non-hydrogen) atoms. The van der Waals surface area contributed by atoms with Crippen LogP contribution in [0.2, 0.25) is 0 Å². The molecule has 1 aromatic rings. The van der Waals surface area contributed by atoms with Crippen LogP contribution in [0.1, 0.15) is 44.1 Å². The smallest absolute Gasteiger partial charge is 0.242 e. The first-order chi connectivity index (χ1) is 11.0. The molecule has 2 heterocycles. The predicted octanol–water partition coefficient (Wildman–Crippen LogP) is -0.0877. The summed E-state index contributed by atoms with van der Waals surface area (Å²) in [5, 5.41) is 5.20. The van der Waals surface area contributed by atoms with Gasteiger partial charge in [0.15, 0.2) is 0 Å². The highest BCUT2D eigenvalue weighted by molar-refractivity contribution is 5.84. The molecule has 124 valence electrons. The second-order valence-electron chi connectivity index (χ2n) is 5.50. The van der Waals surface area contributed by atoms with Crippen molar-refractivity contribution in [2.45, 2.75) is 39.3 Å². The summed E-state index contributed by atoms with van der Waals surface area (Å²) >= 11 is 0. The molecule has 0 spiro atoms. The van der Waals surface area contributed by atoms with E-state index in [-0.39, 0.29) is 30.3 Å². The largest absolute Gasteiger partial charge is 0.351 e. The molecule has 8 heteroatoms. The second kappa shape index (κ2) is 7.66. The molecule has 2 N–H and O–H groups in total. The number of hydrogen-bond acceptors (Lipinski definition) is 5. The Hall–Kier alpha value is -2.51. The van der Waals surface area contributed by atoms with Gasteiger partial charge in [-0.15, -0.1) is 0 Å².